The van der Waals surface area contributed by atoms with E-state index >= 15 is 0 Å². The van der Waals surface area contributed by atoms with Crippen LogP contribution in [0.3, 0.4) is 0 Å². The molecule has 1 fully saturated rings. The summed E-state index contributed by atoms with van der Waals surface area (Å²) in [5.41, 5.74) is 9.69. The minimum atomic E-state index is -0.214. The standard InChI is InChI=1S/C23H37NO2.C7H11NO2.C3H8.C2H4.CH4/c1-3-22(25)10-9-21-14-18(6-4-5-11-24)7-8-20(21)15-19-12-17(2)13-23(26)16-19;1-2-5-8-7(10)4-3-6-9;1-3-2;1-2;/h7-8,14,17,19,23,26H,3-6,9-13,15-16,24H2,1-2H3;3-4,6H,2,5H2,1H3,(H,8,10);3H2,1-2H3;1-2H2;1H4/b;4-3-;;;. The second-order valence-corrected chi connectivity index (χ2v) is 10.8. The molecular formula is C36H64N2O4. The van der Waals surface area contributed by atoms with Crippen molar-refractivity contribution in [3.63, 3.8) is 0 Å². The van der Waals surface area contributed by atoms with Crippen LogP contribution in [-0.4, -0.2) is 42.3 Å². The van der Waals surface area contributed by atoms with Crippen LogP contribution in [-0.2, 0) is 33.6 Å². The van der Waals surface area contributed by atoms with Crippen molar-refractivity contribution in [3.05, 3.63) is 60.2 Å². The van der Waals surface area contributed by atoms with Crippen LogP contribution in [0.25, 0.3) is 0 Å². The molecule has 42 heavy (non-hydrogen) atoms. The third-order valence-corrected chi connectivity index (χ3v) is 6.66. The van der Waals surface area contributed by atoms with Gasteiger partial charge in [0.1, 0.15) is 12.1 Å². The molecule has 3 unspecified atom stereocenters. The number of Topliss-reactive ketones (excluding diaryl/α,β-unsaturated/α-hetero) is 1. The van der Waals surface area contributed by atoms with Crippen LogP contribution in [0.15, 0.2) is 43.5 Å². The van der Waals surface area contributed by atoms with Gasteiger partial charge in [0, 0.05) is 25.5 Å². The largest absolute Gasteiger partial charge is 0.393 e. The summed E-state index contributed by atoms with van der Waals surface area (Å²) in [6, 6.07) is 6.84. The van der Waals surface area contributed by atoms with E-state index in [1.807, 2.05) is 13.8 Å². The molecule has 1 saturated carbocycles. The maximum absolute atomic E-state index is 11.8. The molecule has 0 spiro atoms. The van der Waals surface area contributed by atoms with Gasteiger partial charge in [-0.1, -0.05) is 66.7 Å². The number of aryl methyl sites for hydroxylation is 2. The zero-order valence-corrected chi connectivity index (χ0v) is 26.8. The summed E-state index contributed by atoms with van der Waals surface area (Å²) in [6.45, 7) is 17.8. The highest BCUT2D eigenvalue weighted by molar-refractivity contribution is 5.90. The Bertz CT molecular complexity index is 843. The van der Waals surface area contributed by atoms with Gasteiger partial charge in [0.05, 0.1) is 6.10 Å². The minimum absolute atomic E-state index is 0. The number of aliphatic hydroxyl groups excluding tert-OH is 1. The Morgan fingerprint density at radius 1 is 1.05 bits per heavy atom. The number of benzene rings is 1. The van der Waals surface area contributed by atoms with Crippen LogP contribution < -0.4 is 11.1 Å². The van der Waals surface area contributed by atoms with Crippen LogP contribution in [0.4, 0.5) is 0 Å². The Hall–Kier alpha value is -2.57. The molecule has 0 saturated heterocycles. The molecule has 6 nitrogen and oxygen atoms in total. The number of allylic oxidation sites excluding steroid dienone is 1. The number of hydrogen-bond acceptors (Lipinski definition) is 5. The fourth-order valence-electron chi connectivity index (χ4n) is 4.81. The average molecular weight is 589 g/mol. The summed E-state index contributed by atoms with van der Waals surface area (Å²) in [5.74, 6) is 1.28. The first kappa shape index (κ1) is 43.9. The molecule has 0 radical (unpaired) electrons. The number of nitrogens with two attached hydrogens (primary N) is 1. The van der Waals surface area contributed by atoms with Crippen LogP contribution in [0.5, 0.6) is 0 Å². The number of nitrogens with one attached hydrogen (secondary N) is 1. The van der Waals surface area contributed by atoms with E-state index < -0.39 is 0 Å². The molecule has 1 aliphatic rings. The van der Waals surface area contributed by atoms with Crippen LogP contribution >= 0.6 is 0 Å². The van der Waals surface area contributed by atoms with Crippen molar-refractivity contribution in [1.29, 1.82) is 0 Å². The SMILES string of the molecule is C.C=C.CCC.CCC(=O)CCc1cc(CCCCN)ccc1CC1CC(C)CC(O)C1.CCCNC(=O)/C=C\C=O. The second-order valence-electron chi connectivity index (χ2n) is 10.8. The number of amides is 1. The van der Waals surface area contributed by atoms with E-state index in [1.165, 1.54) is 41.7 Å². The molecular weight excluding hydrogens is 524 g/mol. The van der Waals surface area contributed by atoms with Crippen molar-refractivity contribution >= 4 is 18.0 Å². The van der Waals surface area contributed by atoms with Gasteiger partial charge < -0.3 is 16.2 Å². The van der Waals surface area contributed by atoms with E-state index in [4.69, 9.17) is 5.73 Å². The molecule has 4 N–H and O–H groups in total. The Morgan fingerprint density at radius 2 is 1.71 bits per heavy atom. The number of carbonyl (C=O) groups excluding carboxylic acids is 3. The molecule has 242 valence electrons. The minimum Gasteiger partial charge on any atom is -0.393 e. The fraction of sp³-hybridized carbons (Fsp3) is 0.639. The highest BCUT2D eigenvalue weighted by atomic mass is 16.3. The first-order valence-corrected chi connectivity index (χ1v) is 15.6. The summed E-state index contributed by atoms with van der Waals surface area (Å²) in [4.78, 5) is 32.1. The van der Waals surface area contributed by atoms with Crippen molar-refractivity contribution < 1.29 is 19.5 Å². The smallest absolute Gasteiger partial charge is 0.244 e. The molecule has 2 rings (SSSR count). The van der Waals surface area contributed by atoms with E-state index in [0.717, 1.165) is 57.9 Å². The predicted octanol–water partition coefficient (Wildman–Crippen LogP) is 7.34. The third kappa shape index (κ3) is 23.0. The topological polar surface area (TPSA) is 109 Å². The Morgan fingerprint density at radius 3 is 2.26 bits per heavy atom. The van der Waals surface area contributed by atoms with Gasteiger partial charge in [-0.3, -0.25) is 14.4 Å². The molecule has 1 aromatic rings. The van der Waals surface area contributed by atoms with Gasteiger partial charge in [0.25, 0.3) is 0 Å². The van der Waals surface area contributed by atoms with Gasteiger partial charge in [-0.25, -0.2) is 0 Å². The lowest BCUT2D eigenvalue weighted by atomic mass is 9.77. The van der Waals surface area contributed by atoms with E-state index in [9.17, 15) is 19.5 Å². The van der Waals surface area contributed by atoms with Crippen molar-refractivity contribution in [2.75, 3.05) is 13.1 Å². The van der Waals surface area contributed by atoms with E-state index in [2.05, 4.69) is 57.4 Å². The molecule has 0 aromatic heterocycles. The molecule has 0 bridgehead atoms. The Balaban J connectivity index is -0.000000798. The zero-order chi connectivity index (χ0) is 31.5. The summed E-state index contributed by atoms with van der Waals surface area (Å²) in [6.07, 6.45) is 14.4. The number of hydrogen-bond donors (Lipinski definition) is 3. The maximum atomic E-state index is 11.8. The number of rotatable bonds is 14. The van der Waals surface area contributed by atoms with Crippen molar-refractivity contribution in [2.24, 2.45) is 17.6 Å². The average Bonchev–Trinajstić information content (AvgIpc) is 2.96. The van der Waals surface area contributed by atoms with E-state index in [0.29, 0.717) is 43.3 Å². The van der Waals surface area contributed by atoms with Gasteiger partial charge in [0.2, 0.25) is 5.91 Å². The maximum Gasteiger partial charge on any atom is 0.244 e. The summed E-state index contributed by atoms with van der Waals surface area (Å²) in [5, 5.41) is 12.7. The molecule has 0 heterocycles. The van der Waals surface area contributed by atoms with E-state index in [-0.39, 0.29) is 19.4 Å². The van der Waals surface area contributed by atoms with Crippen LogP contribution in [0, 0.1) is 11.8 Å². The first-order chi connectivity index (χ1) is 19.7. The lowest BCUT2D eigenvalue weighted by Gasteiger charge is -2.31. The van der Waals surface area contributed by atoms with Crippen molar-refractivity contribution in [1.82, 2.24) is 5.32 Å². The number of ketones is 1. The van der Waals surface area contributed by atoms with E-state index in [1.54, 1.807) is 0 Å². The zero-order valence-electron chi connectivity index (χ0n) is 26.8. The Labute approximate surface area is 258 Å². The second kappa shape index (κ2) is 29.9. The van der Waals surface area contributed by atoms with Gasteiger partial charge in [-0.15, -0.1) is 13.2 Å². The number of aliphatic hydroxyl groups is 1. The fourth-order valence-corrected chi connectivity index (χ4v) is 4.81. The Kier molecular flexibility index (Phi) is 31.2. The van der Waals surface area contributed by atoms with Crippen LogP contribution in [0.1, 0.15) is 117 Å². The summed E-state index contributed by atoms with van der Waals surface area (Å²) >= 11 is 0. The lowest BCUT2D eigenvalue weighted by Crippen LogP contribution is -2.26. The predicted molar refractivity (Wildman–Crippen MR) is 181 cm³/mol. The van der Waals surface area contributed by atoms with Crippen molar-refractivity contribution in [2.45, 2.75) is 125 Å². The molecule has 3 atom stereocenters. The van der Waals surface area contributed by atoms with Crippen molar-refractivity contribution in [3.8, 4) is 0 Å². The van der Waals surface area contributed by atoms with Gasteiger partial charge in [0.15, 0.2) is 0 Å². The lowest BCUT2D eigenvalue weighted by molar-refractivity contribution is -0.119. The monoisotopic (exact) mass is 588 g/mol. The quantitative estimate of drug-likeness (QED) is 0.0911. The highest BCUT2D eigenvalue weighted by Gasteiger charge is 2.25. The van der Waals surface area contributed by atoms with Crippen LogP contribution in [0.2, 0.25) is 0 Å². The van der Waals surface area contributed by atoms with Gasteiger partial charge in [-0.2, -0.15) is 0 Å². The molecule has 1 aliphatic carbocycles. The summed E-state index contributed by atoms with van der Waals surface area (Å²) in [7, 11) is 0. The highest BCUT2D eigenvalue weighted by Crippen LogP contribution is 2.32. The summed E-state index contributed by atoms with van der Waals surface area (Å²) < 4.78 is 0. The number of carbonyl (C=O) groups is 3. The number of unbranched alkanes of at least 4 members (excludes halogenated alkanes) is 1. The first-order valence-electron chi connectivity index (χ1n) is 15.6. The normalized spacial score (nSPS) is 17.2. The molecule has 0 aliphatic heterocycles. The molecule has 1 aromatic carbocycles. The number of aldehydes is 1. The third-order valence-electron chi connectivity index (χ3n) is 6.66. The molecule has 1 amide bonds. The van der Waals surface area contributed by atoms with Gasteiger partial charge >= 0.3 is 0 Å². The van der Waals surface area contributed by atoms with Gasteiger partial charge in [-0.05, 0) is 98.9 Å². The molecule has 6 heteroatoms.